The minimum atomic E-state index is -0.210. The Morgan fingerprint density at radius 1 is 1.22 bits per heavy atom. The van der Waals surface area contributed by atoms with Gasteiger partial charge in [-0.1, -0.05) is 26.2 Å². The highest BCUT2D eigenvalue weighted by molar-refractivity contribution is 5.28. The summed E-state index contributed by atoms with van der Waals surface area (Å²) in [7, 11) is 0. The topological polar surface area (TPSA) is 25.2 Å². The molecule has 1 N–H and O–H groups in total. The highest BCUT2D eigenvalue weighted by Gasteiger charge is 2.29. The first kappa shape index (κ1) is 12.3. The van der Waals surface area contributed by atoms with Crippen LogP contribution in [0.25, 0.3) is 0 Å². The molecule has 100 valence electrons. The summed E-state index contributed by atoms with van der Waals surface area (Å²) in [6.07, 6.45) is 12.1. The zero-order valence-corrected chi connectivity index (χ0v) is 11.4. The third-order valence-electron chi connectivity index (χ3n) is 5.06. The molecule has 0 radical (unpaired) electrons. The summed E-state index contributed by atoms with van der Waals surface area (Å²) in [5.41, 5.74) is 2.64. The van der Waals surface area contributed by atoms with Gasteiger partial charge in [-0.15, -0.1) is 0 Å². The van der Waals surface area contributed by atoms with Gasteiger partial charge in [0.05, 0.1) is 6.10 Å². The van der Waals surface area contributed by atoms with Crippen molar-refractivity contribution in [3.05, 3.63) is 23.5 Å². The molecule has 3 unspecified atom stereocenters. The van der Waals surface area contributed by atoms with E-state index < -0.39 is 0 Å². The van der Waals surface area contributed by atoms with E-state index >= 15 is 0 Å². The molecular formula is C16H25NO. The number of hydrogen-bond acceptors (Lipinski definition) is 1. The third kappa shape index (κ3) is 2.01. The highest BCUT2D eigenvalue weighted by atomic mass is 16.3. The van der Waals surface area contributed by atoms with Crippen LogP contribution >= 0.6 is 0 Å². The number of aliphatic hydroxyl groups excluding tert-OH is 1. The fourth-order valence-corrected chi connectivity index (χ4v) is 4.03. The van der Waals surface area contributed by atoms with Gasteiger partial charge in [-0.2, -0.15) is 0 Å². The average Bonchev–Trinajstić information content (AvgIpc) is 2.84. The number of nitrogens with zero attached hydrogens (tertiary/aromatic N) is 1. The lowest BCUT2D eigenvalue weighted by atomic mass is 9.82. The van der Waals surface area contributed by atoms with Gasteiger partial charge in [0, 0.05) is 23.5 Å². The van der Waals surface area contributed by atoms with Crippen LogP contribution in [0, 0.1) is 5.92 Å². The van der Waals surface area contributed by atoms with Gasteiger partial charge in [-0.25, -0.2) is 0 Å². The predicted octanol–water partition coefficient (Wildman–Crippen LogP) is 4.00. The normalized spacial score (nSPS) is 32.2. The van der Waals surface area contributed by atoms with Crippen LogP contribution in [-0.4, -0.2) is 9.67 Å². The van der Waals surface area contributed by atoms with Crippen molar-refractivity contribution in [3.63, 3.8) is 0 Å². The Balaban J connectivity index is 1.91. The molecule has 18 heavy (non-hydrogen) atoms. The Morgan fingerprint density at radius 2 is 2.06 bits per heavy atom. The van der Waals surface area contributed by atoms with Crippen molar-refractivity contribution in [1.82, 2.24) is 4.57 Å². The van der Waals surface area contributed by atoms with E-state index in [1.807, 2.05) is 0 Å². The molecular weight excluding hydrogens is 222 g/mol. The Morgan fingerprint density at radius 3 is 2.89 bits per heavy atom. The van der Waals surface area contributed by atoms with Crippen LogP contribution in [0.1, 0.15) is 75.3 Å². The minimum absolute atomic E-state index is 0.210. The quantitative estimate of drug-likeness (QED) is 0.839. The van der Waals surface area contributed by atoms with Crippen molar-refractivity contribution in [2.24, 2.45) is 5.92 Å². The van der Waals surface area contributed by atoms with Crippen molar-refractivity contribution < 1.29 is 5.11 Å². The van der Waals surface area contributed by atoms with Gasteiger partial charge in [0.15, 0.2) is 0 Å². The van der Waals surface area contributed by atoms with Crippen molar-refractivity contribution in [1.29, 1.82) is 0 Å². The Hall–Kier alpha value is -0.760. The lowest BCUT2D eigenvalue weighted by Crippen LogP contribution is -2.25. The standard InChI is InChI=1S/C16H25NO/c1-2-12-6-3-4-7-14(12)17-11-10-13-15(17)8-5-9-16(13)18/h10-12,14,16,18H,2-9H2,1H3. The molecule has 1 fully saturated rings. The minimum Gasteiger partial charge on any atom is -0.388 e. The largest absolute Gasteiger partial charge is 0.388 e. The summed E-state index contributed by atoms with van der Waals surface area (Å²) in [5, 5.41) is 10.1. The molecule has 2 heteroatoms. The zero-order chi connectivity index (χ0) is 12.5. The molecule has 0 aromatic carbocycles. The second kappa shape index (κ2) is 5.08. The van der Waals surface area contributed by atoms with Crippen LogP contribution in [0.5, 0.6) is 0 Å². The molecule has 2 aliphatic carbocycles. The van der Waals surface area contributed by atoms with E-state index in [9.17, 15) is 5.11 Å². The van der Waals surface area contributed by atoms with Gasteiger partial charge in [-0.05, 0) is 44.1 Å². The molecule has 2 nitrogen and oxygen atoms in total. The first-order valence-electron chi connectivity index (χ1n) is 7.69. The summed E-state index contributed by atoms with van der Waals surface area (Å²) < 4.78 is 2.52. The summed E-state index contributed by atoms with van der Waals surface area (Å²) in [6.45, 7) is 2.33. The third-order valence-corrected chi connectivity index (χ3v) is 5.06. The molecule has 0 spiro atoms. The smallest absolute Gasteiger partial charge is 0.0807 e. The van der Waals surface area contributed by atoms with E-state index in [4.69, 9.17) is 0 Å². The molecule has 0 aliphatic heterocycles. The van der Waals surface area contributed by atoms with Crippen LogP contribution in [0.3, 0.4) is 0 Å². The fourth-order valence-electron chi connectivity index (χ4n) is 4.03. The maximum absolute atomic E-state index is 10.1. The molecule has 0 bridgehead atoms. The lowest BCUT2D eigenvalue weighted by Gasteiger charge is -2.34. The van der Waals surface area contributed by atoms with Crippen molar-refractivity contribution >= 4 is 0 Å². The molecule has 1 aromatic heterocycles. The van der Waals surface area contributed by atoms with Gasteiger partial charge < -0.3 is 9.67 Å². The first-order chi connectivity index (χ1) is 8.81. The molecule has 3 atom stereocenters. The number of hydrogen-bond donors (Lipinski definition) is 1. The number of aromatic nitrogens is 1. The molecule has 0 saturated heterocycles. The van der Waals surface area contributed by atoms with Crippen LogP contribution in [0.2, 0.25) is 0 Å². The van der Waals surface area contributed by atoms with Crippen molar-refractivity contribution in [3.8, 4) is 0 Å². The fraction of sp³-hybridized carbons (Fsp3) is 0.750. The molecule has 1 aromatic rings. The van der Waals surface area contributed by atoms with Gasteiger partial charge in [0.25, 0.3) is 0 Å². The summed E-state index contributed by atoms with van der Waals surface area (Å²) in [6, 6.07) is 2.86. The molecule has 2 aliphatic rings. The molecule has 1 heterocycles. The second-order valence-corrected chi connectivity index (χ2v) is 6.05. The Bertz CT molecular complexity index is 409. The summed E-state index contributed by atoms with van der Waals surface area (Å²) in [4.78, 5) is 0. The van der Waals surface area contributed by atoms with E-state index in [0.717, 1.165) is 25.2 Å². The van der Waals surface area contributed by atoms with Crippen LogP contribution in [-0.2, 0) is 6.42 Å². The lowest BCUT2D eigenvalue weighted by molar-refractivity contribution is 0.153. The monoisotopic (exact) mass is 247 g/mol. The summed E-state index contributed by atoms with van der Waals surface area (Å²) in [5.74, 6) is 0.842. The first-order valence-corrected chi connectivity index (χ1v) is 7.69. The number of rotatable bonds is 2. The van der Waals surface area contributed by atoms with Gasteiger partial charge >= 0.3 is 0 Å². The molecule has 1 saturated carbocycles. The van der Waals surface area contributed by atoms with E-state index in [1.165, 1.54) is 43.4 Å². The molecule has 0 amide bonds. The predicted molar refractivity (Wildman–Crippen MR) is 73.6 cm³/mol. The number of aliphatic hydroxyl groups is 1. The van der Waals surface area contributed by atoms with E-state index in [2.05, 4.69) is 23.8 Å². The maximum Gasteiger partial charge on any atom is 0.0807 e. The van der Waals surface area contributed by atoms with Crippen LogP contribution in [0.15, 0.2) is 12.3 Å². The van der Waals surface area contributed by atoms with Gasteiger partial charge in [-0.3, -0.25) is 0 Å². The van der Waals surface area contributed by atoms with E-state index in [-0.39, 0.29) is 6.10 Å². The maximum atomic E-state index is 10.1. The van der Waals surface area contributed by atoms with E-state index in [1.54, 1.807) is 0 Å². The zero-order valence-electron chi connectivity index (χ0n) is 11.4. The average molecular weight is 247 g/mol. The number of fused-ring (bicyclic) bond motifs is 1. The highest BCUT2D eigenvalue weighted by Crippen LogP contribution is 2.40. The summed E-state index contributed by atoms with van der Waals surface area (Å²) >= 11 is 0. The molecule has 3 rings (SSSR count). The van der Waals surface area contributed by atoms with E-state index in [0.29, 0.717) is 6.04 Å². The Kier molecular flexibility index (Phi) is 3.47. The van der Waals surface area contributed by atoms with Gasteiger partial charge in [0.2, 0.25) is 0 Å². The Labute approximate surface area is 110 Å². The van der Waals surface area contributed by atoms with Gasteiger partial charge in [0.1, 0.15) is 0 Å². The SMILES string of the molecule is CCC1CCCCC1n1ccc2c1CCCC2O. The van der Waals surface area contributed by atoms with Crippen LogP contribution < -0.4 is 0 Å². The van der Waals surface area contributed by atoms with Crippen molar-refractivity contribution in [2.75, 3.05) is 0 Å². The van der Waals surface area contributed by atoms with Crippen LogP contribution in [0.4, 0.5) is 0 Å². The van der Waals surface area contributed by atoms with Crippen molar-refractivity contribution in [2.45, 2.75) is 70.4 Å². The second-order valence-electron chi connectivity index (χ2n) is 6.05.